The Bertz CT molecular complexity index is 913. The first-order valence-electron chi connectivity index (χ1n) is 11.2. The van der Waals surface area contributed by atoms with Gasteiger partial charge in [-0.3, -0.25) is 4.79 Å². The number of carbonyl (C=O) groups is 2. The number of carbonyl (C=O) groups excluding carboxylic acids is 2. The second kappa shape index (κ2) is 12.1. The lowest BCUT2D eigenvalue weighted by Gasteiger charge is -2.29. The summed E-state index contributed by atoms with van der Waals surface area (Å²) < 4.78 is 13.8. The van der Waals surface area contributed by atoms with E-state index in [1.807, 2.05) is 64.0 Å². The smallest absolute Gasteiger partial charge is 0.319 e. The zero-order valence-electron chi connectivity index (χ0n) is 19.7. The van der Waals surface area contributed by atoms with E-state index < -0.39 is 0 Å². The third-order valence-corrected chi connectivity index (χ3v) is 5.43. The van der Waals surface area contributed by atoms with Gasteiger partial charge in [0.15, 0.2) is 0 Å². The van der Waals surface area contributed by atoms with Gasteiger partial charge in [-0.05, 0) is 61.2 Å². The van der Waals surface area contributed by atoms with E-state index in [4.69, 9.17) is 0 Å². The van der Waals surface area contributed by atoms with Crippen molar-refractivity contribution in [2.24, 2.45) is 5.92 Å². The first kappa shape index (κ1) is 25.2. The summed E-state index contributed by atoms with van der Waals surface area (Å²) in [7, 11) is 3.88. The van der Waals surface area contributed by atoms with Gasteiger partial charge in [0, 0.05) is 51.0 Å². The molecule has 2 aromatic carbocycles. The van der Waals surface area contributed by atoms with Crippen LogP contribution in [-0.2, 0) is 17.9 Å². The highest BCUT2D eigenvalue weighted by Gasteiger charge is 2.23. The number of halogens is 1. The van der Waals surface area contributed by atoms with Crippen LogP contribution in [0.15, 0.2) is 42.5 Å². The van der Waals surface area contributed by atoms with Gasteiger partial charge in [0.2, 0.25) is 5.91 Å². The van der Waals surface area contributed by atoms with E-state index in [0.717, 1.165) is 29.7 Å². The lowest BCUT2D eigenvalue weighted by molar-refractivity contribution is -0.137. The predicted octanol–water partition coefficient (Wildman–Crippen LogP) is 5.00. The van der Waals surface area contributed by atoms with E-state index in [9.17, 15) is 14.0 Å². The number of amides is 3. The molecule has 0 aliphatic heterocycles. The van der Waals surface area contributed by atoms with E-state index in [-0.39, 0.29) is 23.7 Å². The van der Waals surface area contributed by atoms with Crippen molar-refractivity contribution >= 4 is 23.3 Å². The molecule has 32 heavy (non-hydrogen) atoms. The summed E-state index contributed by atoms with van der Waals surface area (Å²) in [4.78, 5) is 29.1. The number of hydrogen-bond acceptors (Lipinski definition) is 3. The van der Waals surface area contributed by atoms with Crippen LogP contribution >= 0.6 is 0 Å². The molecule has 2 N–H and O–H groups in total. The van der Waals surface area contributed by atoms with Crippen molar-refractivity contribution in [3.05, 3.63) is 59.4 Å². The maximum atomic E-state index is 13.8. The van der Waals surface area contributed by atoms with Crippen LogP contribution in [-0.4, -0.2) is 37.5 Å². The molecule has 0 saturated heterocycles. The molecule has 0 heterocycles. The van der Waals surface area contributed by atoms with Gasteiger partial charge in [-0.1, -0.05) is 26.0 Å². The molecule has 0 fully saturated rings. The number of nitrogens with one attached hydrogen (secondary N) is 2. The maximum Gasteiger partial charge on any atom is 0.319 e. The predicted molar refractivity (Wildman–Crippen MR) is 128 cm³/mol. The van der Waals surface area contributed by atoms with Crippen LogP contribution < -0.4 is 15.5 Å². The van der Waals surface area contributed by atoms with Gasteiger partial charge in [-0.25, -0.2) is 9.18 Å². The van der Waals surface area contributed by atoms with Crippen LogP contribution in [0.3, 0.4) is 0 Å². The Morgan fingerprint density at radius 2 is 1.72 bits per heavy atom. The summed E-state index contributed by atoms with van der Waals surface area (Å²) in [5.74, 6) is -0.367. The van der Waals surface area contributed by atoms with Crippen LogP contribution in [0.5, 0.6) is 0 Å². The van der Waals surface area contributed by atoms with Gasteiger partial charge in [0.25, 0.3) is 0 Å². The van der Waals surface area contributed by atoms with Crippen LogP contribution in [0.1, 0.15) is 44.7 Å². The lowest BCUT2D eigenvalue weighted by atomic mass is 10.0. The van der Waals surface area contributed by atoms with Crippen LogP contribution in [0.2, 0.25) is 0 Å². The van der Waals surface area contributed by atoms with E-state index in [1.165, 1.54) is 12.1 Å². The second-order valence-corrected chi connectivity index (χ2v) is 8.06. The number of urea groups is 1. The molecular weight excluding hydrogens is 407 g/mol. The highest BCUT2D eigenvalue weighted by Crippen LogP contribution is 2.27. The molecule has 2 aromatic rings. The van der Waals surface area contributed by atoms with Gasteiger partial charge < -0.3 is 20.4 Å². The van der Waals surface area contributed by atoms with Gasteiger partial charge in [0.05, 0.1) is 0 Å². The van der Waals surface area contributed by atoms with Crippen molar-refractivity contribution in [1.29, 1.82) is 0 Å². The molecule has 3 amide bonds. The minimum Gasteiger partial charge on any atom is -0.377 e. The normalized spacial score (nSPS) is 10.7. The van der Waals surface area contributed by atoms with Crippen LogP contribution in [0, 0.1) is 11.7 Å². The summed E-state index contributed by atoms with van der Waals surface area (Å²) in [5.41, 5.74) is 3.25. The molecule has 0 saturated carbocycles. The van der Waals surface area contributed by atoms with Gasteiger partial charge in [-0.15, -0.1) is 0 Å². The molecule has 0 atom stereocenters. The SMILES string of the molecule is CCNC(=O)Nc1ccc(N(C)C)c(CN(Cc2cccc(F)c2)C(=O)C(CC)CC)c1. The Morgan fingerprint density at radius 3 is 2.31 bits per heavy atom. The molecule has 174 valence electrons. The standard InChI is InChI=1S/C25H35FN4O2/c1-6-19(7-2)24(31)30(16-18-10-9-11-21(26)14-18)17-20-15-22(28-25(32)27-8-3)12-13-23(20)29(4)5/h9-15,19H,6-8,16-17H2,1-5H3,(H2,27,28,32). The highest BCUT2D eigenvalue weighted by atomic mass is 19.1. The molecule has 6 nitrogen and oxygen atoms in total. The minimum atomic E-state index is -0.320. The van der Waals surface area contributed by atoms with E-state index in [2.05, 4.69) is 10.6 Å². The Kier molecular flexibility index (Phi) is 9.50. The van der Waals surface area contributed by atoms with Crippen LogP contribution in [0.4, 0.5) is 20.6 Å². The van der Waals surface area contributed by atoms with E-state index >= 15 is 0 Å². The summed E-state index contributed by atoms with van der Waals surface area (Å²) in [6.07, 6.45) is 1.49. The largest absolute Gasteiger partial charge is 0.377 e. The highest BCUT2D eigenvalue weighted by molar-refractivity contribution is 5.89. The Morgan fingerprint density at radius 1 is 1.00 bits per heavy atom. The third-order valence-electron chi connectivity index (χ3n) is 5.43. The minimum absolute atomic E-state index is 0.0473. The number of benzene rings is 2. The first-order valence-corrected chi connectivity index (χ1v) is 11.2. The average Bonchev–Trinajstić information content (AvgIpc) is 2.74. The van der Waals surface area contributed by atoms with Crippen molar-refractivity contribution < 1.29 is 14.0 Å². The molecule has 0 aliphatic rings. The first-order chi connectivity index (χ1) is 15.3. The molecule has 0 bridgehead atoms. The zero-order valence-corrected chi connectivity index (χ0v) is 19.7. The van der Waals surface area contributed by atoms with Gasteiger partial charge in [0.1, 0.15) is 5.82 Å². The lowest BCUT2D eigenvalue weighted by Crippen LogP contribution is -2.35. The van der Waals surface area contributed by atoms with E-state index in [1.54, 1.807) is 11.0 Å². The third kappa shape index (κ3) is 6.97. The summed E-state index contributed by atoms with van der Waals surface area (Å²) in [5, 5.41) is 5.55. The van der Waals surface area contributed by atoms with Crippen molar-refractivity contribution in [3.63, 3.8) is 0 Å². The fraction of sp³-hybridized carbons (Fsp3) is 0.440. The van der Waals surface area contributed by atoms with Crippen molar-refractivity contribution in [2.45, 2.75) is 46.7 Å². The number of anilines is 2. The number of hydrogen-bond donors (Lipinski definition) is 2. The van der Waals surface area contributed by atoms with Crippen molar-refractivity contribution in [3.8, 4) is 0 Å². The molecule has 0 aromatic heterocycles. The molecule has 0 aliphatic carbocycles. The molecular formula is C25H35FN4O2. The van der Waals surface area contributed by atoms with E-state index in [0.29, 0.717) is 25.3 Å². The Hall–Kier alpha value is -3.09. The molecule has 0 spiro atoms. The quantitative estimate of drug-likeness (QED) is 0.544. The topological polar surface area (TPSA) is 64.7 Å². The zero-order chi connectivity index (χ0) is 23.7. The summed E-state index contributed by atoms with van der Waals surface area (Å²) in [6, 6.07) is 11.7. The monoisotopic (exact) mass is 442 g/mol. The fourth-order valence-corrected chi connectivity index (χ4v) is 3.73. The average molecular weight is 443 g/mol. The fourth-order valence-electron chi connectivity index (χ4n) is 3.73. The summed E-state index contributed by atoms with van der Waals surface area (Å²) >= 11 is 0. The molecule has 2 rings (SSSR count). The Labute approximate surface area is 190 Å². The Balaban J connectivity index is 2.40. The summed E-state index contributed by atoms with van der Waals surface area (Å²) in [6.45, 7) is 7.06. The van der Waals surface area contributed by atoms with Gasteiger partial charge in [-0.2, -0.15) is 0 Å². The molecule has 0 unspecified atom stereocenters. The molecule has 0 radical (unpaired) electrons. The number of rotatable bonds is 10. The van der Waals surface area contributed by atoms with Crippen LogP contribution in [0.25, 0.3) is 0 Å². The second-order valence-electron chi connectivity index (χ2n) is 8.06. The maximum absolute atomic E-state index is 13.8. The number of nitrogens with zero attached hydrogens (tertiary/aromatic N) is 2. The van der Waals surface area contributed by atoms with Crippen molar-refractivity contribution in [2.75, 3.05) is 30.9 Å². The van der Waals surface area contributed by atoms with Crippen molar-refractivity contribution in [1.82, 2.24) is 10.2 Å². The molecule has 7 heteroatoms. The van der Waals surface area contributed by atoms with Gasteiger partial charge >= 0.3 is 6.03 Å².